The molecule has 0 radical (unpaired) electrons. The molecule has 24 heavy (non-hydrogen) atoms. The van der Waals surface area contributed by atoms with Crippen LogP contribution in [0, 0.1) is 11.8 Å². The number of hydrogen-bond donors (Lipinski definition) is 2. The number of aliphatic carboxylic acids is 1. The zero-order chi connectivity index (χ0) is 17.5. The normalized spacial score (nSPS) is 17.2. The number of nitrogens with one attached hydrogen (secondary N) is 1. The highest BCUT2D eigenvalue weighted by atomic mass is 16.4. The molecule has 2 N–H and O–H groups in total. The van der Waals surface area contributed by atoms with Gasteiger partial charge in [0.1, 0.15) is 0 Å². The van der Waals surface area contributed by atoms with Crippen LogP contribution in [0.3, 0.4) is 0 Å². The SMILES string of the molecule is CC(CN(C)C(=O)NC(CC1CCCC1)c1ccccc1)C(=O)O. The molecular formula is C19H28N2O3. The van der Waals surface area contributed by atoms with Crippen molar-refractivity contribution < 1.29 is 14.7 Å². The maximum atomic E-state index is 12.5. The predicted molar refractivity (Wildman–Crippen MR) is 93.7 cm³/mol. The fourth-order valence-electron chi connectivity index (χ4n) is 3.37. The average molecular weight is 332 g/mol. The van der Waals surface area contributed by atoms with Gasteiger partial charge in [-0.3, -0.25) is 4.79 Å². The van der Waals surface area contributed by atoms with E-state index in [0.29, 0.717) is 5.92 Å². The van der Waals surface area contributed by atoms with E-state index in [4.69, 9.17) is 5.11 Å². The molecule has 0 aliphatic heterocycles. The lowest BCUT2D eigenvalue weighted by Crippen LogP contribution is -2.42. The first kappa shape index (κ1) is 18.3. The molecule has 1 fully saturated rings. The summed E-state index contributed by atoms with van der Waals surface area (Å²) in [5.74, 6) is -0.815. The summed E-state index contributed by atoms with van der Waals surface area (Å²) in [5, 5.41) is 12.1. The van der Waals surface area contributed by atoms with E-state index in [2.05, 4.69) is 5.32 Å². The fraction of sp³-hybridized carbons (Fsp3) is 0.579. The van der Waals surface area contributed by atoms with Crippen LogP contribution in [0.1, 0.15) is 50.6 Å². The van der Waals surface area contributed by atoms with E-state index < -0.39 is 11.9 Å². The predicted octanol–water partition coefficient (Wildman–Crippen LogP) is 3.67. The number of carboxylic acids is 1. The van der Waals surface area contributed by atoms with Crippen LogP contribution < -0.4 is 5.32 Å². The number of carbonyl (C=O) groups excluding carboxylic acids is 1. The van der Waals surface area contributed by atoms with Crippen molar-refractivity contribution in [1.82, 2.24) is 10.2 Å². The number of rotatable bonds is 7. The zero-order valence-electron chi connectivity index (χ0n) is 14.6. The van der Waals surface area contributed by atoms with Gasteiger partial charge in [0.2, 0.25) is 0 Å². The largest absolute Gasteiger partial charge is 0.481 e. The van der Waals surface area contributed by atoms with Gasteiger partial charge in [0.15, 0.2) is 0 Å². The number of benzene rings is 1. The lowest BCUT2D eigenvalue weighted by molar-refractivity contribution is -0.141. The smallest absolute Gasteiger partial charge is 0.317 e. The number of urea groups is 1. The third-order valence-electron chi connectivity index (χ3n) is 4.86. The Morgan fingerprint density at radius 1 is 1.25 bits per heavy atom. The monoisotopic (exact) mass is 332 g/mol. The van der Waals surface area contributed by atoms with E-state index in [9.17, 15) is 9.59 Å². The Morgan fingerprint density at radius 2 is 1.88 bits per heavy atom. The minimum Gasteiger partial charge on any atom is -0.481 e. The van der Waals surface area contributed by atoms with Crippen LogP contribution >= 0.6 is 0 Å². The second-order valence-corrected chi connectivity index (χ2v) is 6.92. The molecule has 2 unspecified atom stereocenters. The molecule has 5 heteroatoms. The Kier molecular flexibility index (Phi) is 6.64. The molecule has 5 nitrogen and oxygen atoms in total. The van der Waals surface area contributed by atoms with Crippen molar-refractivity contribution in [2.45, 2.75) is 45.1 Å². The molecular weight excluding hydrogens is 304 g/mol. The third kappa shape index (κ3) is 5.25. The van der Waals surface area contributed by atoms with E-state index >= 15 is 0 Å². The molecule has 2 atom stereocenters. The van der Waals surface area contributed by atoms with Crippen LogP contribution in [-0.2, 0) is 4.79 Å². The van der Waals surface area contributed by atoms with E-state index in [-0.39, 0.29) is 18.6 Å². The van der Waals surface area contributed by atoms with Gasteiger partial charge < -0.3 is 15.3 Å². The molecule has 2 amide bonds. The van der Waals surface area contributed by atoms with Gasteiger partial charge in [0.25, 0.3) is 0 Å². The highest BCUT2D eigenvalue weighted by Crippen LogP contribution is 2.33. The molecule has 1 saturated carbocycles. The summed E-state index contributed by atoms with van der Waals surface area (Å²) in [5.41, 5.74) is 1.11. The van der Waals surface area contributed by atoms with Crippen LogP contribution in [0.2, 0.25) is 0 Å². The van der Waals surface area contributed by atoms with Crippen LogP contribution in [0.5, 0.6) is 0 Å². The summed E-state index contributed by atoms with van der Waals surface area (Å²) in [7, 11) is 1.65. The second-order valence-electron chi connectivity index (χ2n) is 6.92. The summed E-state index contributed by atoms with van der Waals surface area (Å²) in [6.07, 6.45) is 5.95. The van der Waals surface area contributed by atoms with Gasteiger partial charge in [-0.15, -0.1) is 0 Å². The average Bonchev–Trinajstić information content (AvgIpc) is 3.07. The van der Waals surface area contributed by atoms with E-state index in [1.54, 1.807) is 14.0 Å². The van der Waals surface area contributed by atoms with Crippen LogP contribution in [-0.4, -0.2) is 35.6 Å². The number of carbonyl (C=O) groups is 2. The molecule has 132 valence electrons. The minimum absolute atomic E-state index is 0.0237. The summed E-state index contributed by atoms with van der Waals surface area (Å²) in [6.45, 7) is 1.81. The van der Waals surface area contributed by atoms with Gasteiger partial charge in [0.05, 0.1) is 12.0 Å². The van der Waals surface area contributed by atoms with Crippen molar-refractivity contribution in [3.63, 3.8) is 0 Å². The molecule has 2 rings (SSSR count). The number of carboxylic acid groups (broad SMARTS) is 1. The topological polar surface area (TPSA) is 69.6 Å². The maximum Gasteiger partial charge on any atom is 0.317 e. The molecule has 0 spiro atoms. The Labute approximate surface area is 144 Å². The molecule has 1 aromatic carbocycles. The van der Waals surface area contributed by atoms with Crippen molar-refractivity contribution in [2.24, 2.45) is 11.8 Å². The van der Waals surface area contributed by atoms with Crippen molar-refractivity contribution in [3.05, 3.63) is 35.9 Å². The Bertz CT molecular complexity index is 541. The standard InChI is InChI=1S/C19H28N2O3/c1-14(18(22)23)13-21(2)19(24)20-17(12-15-8-6-7-9-15)16-10-4-3-5-11-16/h3-5,10-11,14-15,17H,6-9,12-13H2,1-2H3,(H,20,24)(H,22,23). The first-order valence-corrected chi connectivity index (χ1v) is 8.76. The first-order valence-electron chi connectivity index (χ1n) is 8.76. The highest BCUT2D eigenvalue weighted by Gasteiger charge is 2.24. The lowest BCUT2D eigenvalue weighted by Gasteiger charge is -2.26. The van der Waals surface area contributed by atoms with Crippen LogP contribution in [0.15, 0.2) is 30.3 Å². The van der Waals surface area contributed by atoms with Gasteiger partial charge in [-0.2, -0.15) is 0 Å². The summed E-state index contributed by atoms with van der Waals surface area (Å²) in [6, 6.07) is 9.79. The van der Waals surface area contributed by atoms with Gasteiger partial charge in [0, 0.05) is 13.6 Å². The summed E-state index contributed by atoms with van der Waals surface area (Å²) >= 11 is 0. The molecule has 1 aromatic rings. The number of nitrogens with zero attached hydrogens (tertiary/aromatic N) is 1. The van der Waals surface area contributed by atoms with E-state index in [1.807, 2.05) is 30.3 Å². The highest BCUT2D eigenvalue weighted by molar-refractivity contribution is 5.76. The molecule has 0 aromatic heterocycles. The van der Waals surface area contributed by atoms with Gasteiger partial charge in [-0.05, 0) is 17.9 Å². The Hall–Kier alpha value is -2.04. The van der Waals surface area contributed by atoms with E-state index in [0.717, 1.165) is 12.0 Å². The fourth-order valence-corrected chi connectivity index (χ4v) is 3.37. The second kappa shape index (κ2) is 8.71. The van der Waals surface area contributed by atoms with Gasteiger partial charge in [-0.25, -0.2) is 4.79 Å². The maximum absolute atomic E-state index is 12.5. The first-order chi connectivity index (χ1) is 11.5. The minimum atomic E-state index is -0.889. The van der Waals surface area contributed by atoms with Crippen molar-refractivity contribution >= 4 is 12.0 Å². The van der Waals surface area contributed by atoms with Crippen LogP contribution in [0.25, 0.3) is 0 Å². The molecule has 1 aliphatic rings. The molecule has 0 heterocycles. The summed E-state index contributed by atoms with van der Waals surface area (Å²) < 4.78 is 0. The van der Waals surface area contributed by atoms with Crippen LogP contribution in [0.4, 0.5) is 4.79 Å². The number of hydrogen-bond acceptors (Lipinski definition) is 2. The number of amides is 2. The summed E-state index contributed by atoms with van der Waals surface area (Å²) in [4.78, 5) is 24.9. The van der Waals surface area contributed by atoms with Gasteiger partial charge >= 0.3 is 12.0 Å². The van der Waals surface area contributed by atoms with Gasteiger partial charge in [-0.1, -0.05) is 62.9 Å². The molecule has 0 bridgehead atoms. The van der Waals surface area contributed by atoms with E-state index in [1.165, 1.54) is 30.6 Å². The molecule has 1 aliphatic carbocycles. The molecule has 0 saturated heterocycles. The van der Waals surface area contributed by atoms with Crippen molar-refractivity contribution in [1.29, 1.82) is 0 Å². The Balaban J connectivity index is 2.01. The Morgan fingerprint density at radius 3 is 2.46 bits per heavy atom. The quantitative estimate of drug-likeness (QED) is 0.800. The third-order valence-corrected chi connectivity index (χ3v) is 4.86. The lowest BCUT2D eigenvalue weighted by atomic mass is 9.93. The van der Waals surface area contributed by atoms with Crippen molar-refractivity contribution in [3.8, 4) is 0 Å². The van der Waals surface area contributed by atoms with Crippen molar-refractivity contribution in [2.75, 3.05) is 13.6 Å². The zero-order valence-corrected chi connectivity index (χ0v) is 14.6.